The van der Waals surface area contributed by atoms with Crippen LogP contribution in [0.4, 0.5) is 8.78 Å². The summed E-state index contributed by atoms with van der Waals surface area (Å²) in [5, 5.41) is 0. The van der Waals surface area contributed by atoms with Gasteiger partial charge in [-0.2, -0.15) is 11.8 Å². The smallest absolute Gasteiger partial charge is 0.247 e. The molecular formula is C6H13F2NS. The molecule has 0 saturated heterocycles. The van der Waals surface area contributed by atoms with E-state index in [1.54, 1.807) is 0 Å². The van der Waals surface area contributed by atoms with Crippen LogP contribution in [0.3, 0.4) is 0 Å². The lowest BCUT2D eigenvalue weighted by molar-refractivity contribution is 0.177. The number of rotatable bonds is 5. The third kappa shape index (κ3) is 8.17. The second-order valence-electron chi connectivity index (χ2n) is 2.23. The molecule has 0 rings (SSSR count). The molecule has 0 bridgehead atoms. The summed E-state index contributed by atoms with van der Waals surface area (Å²) >= 11 is 1.26. The Hall–Kier alpha value is 0.170. The zero-order valence-corrected chi connectivity index (χ0v) is 6.83. The van der Waals surface area contributed by atoms with E-state index in [1.807, 2.05) is 6.92 Å². The molecule has 0 amide bonds. The SMILES string of the molecule is CC(N)CCSCC(F)F. The van der Waals surface area contributed by atoms with Gasteiger partial charge in [0.2, 0.25) is 6.43 Å². The Labute approximate surface area is 64.4 Å². The molecule has 62 valence electrons. The zero-order chi connectivity index (χ0) is 7.98. The van der Waals surface area contributed by atoms with Crippen molar-refractivity contribution in [3.63, 3.8) is 0 Å². The lowest BCUT2D eigenvalue weighted by atomic mass is 10.3. The van der Waals surface area contributed by atoms with Crippen LogP contribution in [0.1, 0.15) is 13.3 Å². The van der Waals surface area contributed by atoms with Gasteiger partial charge in [-0.1, -0.05) is 0 Å². The first-order valence-electron chi connectivity index (χ1n) is 3.24. The average molecular weight is 169 g/mol. The highest BCUT2D eigenvalue weighted by Gasteiger charge is 2.01. The quantitative estimate of drug-likeness (QED) is 0.634. The molecule has 0 saturated carbocycles. The van der Waals surface area contributed by atoms with Crippen LogP contribution >= 0.6 is 11.8 Å². The lowest BCUT2D eigenvalue weighted by Gasteiger charge is -2.03. The molecule has 4 heteroatoms. The van der Waals surface area contributed by atoms with Gasteiger partial charge in [-0.05, 0) is 19.1 Å². The molecule has 0 aliphatic rings. The van der Waals surface area contributed by atoms with Gasteiger partial charge in [0, 0.05) is 6.04 Å². The van der Waals surface area contributed by atoms with Crippen LogP contribution < -0.4 is 5.73 Å². The summed E-state index contributed by atoms with van der Waals surface area (Å²) in [7, 11) is 0. The van der Waals surface area contributed by atoms with Gasteiger partial charge in [0.1, 0.15) is 0 Å². The monoisotopic (exact) mass is 169 g/mol. The third-order valence-electron chi connectivity index (χ3n) is 0.961. The van der Waals surface area contributed by atoms with E-state index < -0.39 is 6.43 Å². The summed E-state index contributed by atoms with van der Waals surface area (Å²) in [4.78, 5) is 0. The predicted molar refractivity (Wildman–Crippen MR) is 41.6 cm³/mol. The minimum atomic E-state index is -2.18. The van der Waals surface area contributed by atoms with Crippen LogP contribution in [-0.4, -0.2) is 24.0 Å². The van der Waals surface area contributed by atoms with Crippen molar-refractivity contribution in [2.75, 3.05) is 11.5 Å². The Kier molecular flexibility index (Phi) is 6.02. The maximum atomic E-state index is 11.5. The highest BCUT2D eigenvalue weighted by molar-refractivity contribution is 7.99. The Morgan fingerprint density at radius 3 is 2.50 bits per heavy atom. The van der Waals surface area contributed by atoms with Crippen LogP contribution in [-0.2, 0) is 0 Å². The van der Waals surface area contributed by atoms with Crippen LogP contribution in [0.5, 0.6) is 0 Å². The molecule has 0 aromatic rings. The zero-order valence-electron chi connectivity index (χ0n) is 6.02. The molecular weight excluding hydrogens is 156 g/mol. The fraction of sp³-hybridized carbons (Fsp3) is 1.00. The van der Waals surface area contributed by atoms with Crippen molar-refractivity contribution >= 4 is 11.8 Å². The topological polar surface area (TPSA) is 26.0 Å². The molecule has 10 heavy (non-hydrogen) atoms. The number of hydrogen-bond donors (Lipinski definition) is 1. The van der Waals surface area contributed by atoms with Gasteiger partial charge in [0.15, 0.2) is 0 Å². The number of alkyl halides is 2. The summed E-state index contributed by atoms with van der Waals surface area (Å²) < 4.78 is 23.0. The van der Waals surface area contributed by atoms with Crippen molar-refractivity contribution in [3.05, 3.63) is 0 Å². The first-order valence-corrected chi connectivity index (χ1v) is 4.40. The van der Waals surface area contributed by atoms with Crippen molar-refractivity contribution in [2.24, 2.45) is 5.73 Å². The molecule has 1 nitrogen and oxygen atoms in total. The van der Waals surface area contributed by atoms with Gasteiger partial charge in [0.05, 0.1) is 5.75 Å². The Morgan fingerprint density at radius 2 is 2.10 bits per heavy atom. The van der Waals surface area contributed by atoms with Crippen molar-refractivity contribution < 1.29 is 8.78 Å². The number of halogens is 2. The van der Waals surface area contributed by atoms with Crippen LogP contribution in [0, 0.1) is 0 Å². The van der Waals surface area contributed by atoms with E-state index in [0.717, 1.165) is 12.2 Å². The van der Waals surface area contributed by atoms with Gasteiger partial charge >= 0.3 is 0 Å². The lowest BCUT2D eigenvalue weighted by Crippen LogP contribution is -2.15. The van der Waals surface area contributed by atoms with Gasteiger partial charge in [0.25, 0.3) is 0 Å². The highest BCUT2D eigenvalue weighted by atomic mass is 32.2. The molecule has 2 N–H and O–H groups in total. The van der Waals surface area contributed by atoms with Crippen molar-refractivity contribution in [1.29, 1.82) is 0 Å². The Bertz CT molecular complexity index is 68.1. The van der Waals surface area contributed by atoms with Crippen LogP contribution in [0.2, 0.25) is 0 Å². The molecule has 0 aliphatic carbocycles. The summed E-state index contributed by atoms with van der Waals surface area (Å²) in [6, 6.07) is 0.130. The third-order valence-corrected chi connectivity index (χ3v) is 1.97. The predicted octanol–water partition coefficient (Wildman–Crippen LogP) is 1.72. The molecule has 0 radical (unpaired) electrons. The Balaban J connectivity index is 2.91. The maximum Gasteiger partial charge on any atom is 0.247 e. The summed E-state index contributed by atoms with van der Waals surface area (Å²) in [6.45, 7) is 1.88. The molecule has 0 spiro atoms. The molecule has 0 fully saturated rings. The second-order valence-corrected chi connectivity index (χ2v) is 3.38. The van der Waals surface area contributed by atoms with E-state index in [4.69, 9.17) is 5.73 Å². The Morgan fingerprint density at radius 1 is 1.50 bits per heavy atom. The van der Waals surface area contributed by atoms with Crippen molar-refractivity contribution in [3.8, 4) is 0 Å². The van der Waals surface area contributed by atoms with Crippen molar-refractivity contribution in [1.82, 2.24) is 0 Å². The maximum absolute atomic E-state index is 11.5. The molecule has 0 aromatic carbocycles. The minimum absolute atomic E-state index is 0.0628. The fourth-order valence-corrected chi connectivity index (χ4v) is 1.32. The first kappa shape index (κ1) is 10.2. The van der Waals surface area contributed by atoms with Gasteiger partial charge < -0.3 is 5.73 Å². The molecule has 0 aliphatic heterocycles. The number of hydrogen-bond acceptors (Lipinski definition) is 2. The first-order chi connectivity index (χ1) is 4.63. The van der Waals surface area contributed by atoms with Gasteiger partial charge in [-0.25, -0.2) is 8.78 Å². The standard InChI is InChI=1S/C6H13F2NS/c1-5(9)2-3-10-4-6(7)8/h5-6H,2-4,9H2,1H3. The van der Waals surface area contributed by atoms with E-state index in [-0.39, 0.29) is 11.8 Å². The average Bonchev–Trinajstić information content (AvgIpc) is 1.79. The van der Waals surface area contributed by atoms with Crippen LogP contribution in [0.15, 0.2) is 0 Å². The summed E-state index contributed by atoms with van der Waals surface area (Å²) in [6.07, 6.45) is -1.37. The summed E-state index contributed by atoms with van der Waals surface area (Å²) in [5.41, 5.74) is 5.41. The van der Waals surface area contributed by atoms with E-state index >= 15 is 0 Å². The highest BCUT2D eigenvalue weighted by Crippen LogP contribution is 2.08. The van der Waals surface area contributed by atoms with E-state index in [2.05, 4.69) is 0 Å². The van der Waals surface area contributed by atoms with Gasteiger partial charge in [-0.3, -0.25) is 0 Å². The van der Waals surface area contributed by atoms with Gasteiger partial charge in [-0.15, -0.1) is 0 Å². The molecule has 0 heterocycles. The normalized spacial score (nSPS) is 14.1. The number of thioether (sulfide) groups is 1. The second kappa shape index (κ2) is 5.92. The fourth-order valence-electron chi connectivity index (χ4n) is 0.442. The van der Waals surface area contributed by atoms with E-state index in [1.165, 1.54) is 11.8 Å². The van der Waals surface area contributed by atoms with Crippen LogP contribution in [0.25, 0.3) is 0 Å². The molecule has 1 atom stereocenters. The van der Waals surface area contributed by atoms with E-state index in [0.29, 0.717) is 0 Å². The summed E-state index contributed by atoms with van der Waals surface area (Å²) in [5.74, 6) is 0.675. The number of nitrogens with two attached hydrogens (primary N) is 1. The van der Waals surface area contributed by atoms with Crippen molar-refractivity contribution in [2.45, 2.75) is 25.8 Å². The molecule has 1 unspecified atom stereocenters. The largest absolute Gasteiger partial charge is 0.328 e. The minimum Gasteiger partial charge on any atom is -0.328 e. The van der Waals surface area contributed by atoms with E-state index in [9.17, 15) is 8.78 Å². The molecule has 0 aromatic heterocycles.